The third-order valence-electron chi connectivity index (χ3n) is 3.51. The van der Waals surface area contributed by atoms with Crippen molar-refractivity contribution < 1.29 is 14.6 Å². The highest BCUT2D eigenvalue weighted by Gasteiger charge is 2.28. The summed E-state index contributed by atoms with van der Waals surface area (Å²) >= 11 is 0. The molecule has 1 heterocycles. The van der Waals surface area contributed by atoms with Crippen LogP contribution in [0.3, 0.4) is 0 Å². The first-order valence-electron chi connectivity index (χ1n) is 7.26. The molecule has 0 unspecified atom stereocenters. The zero-order valence-electron chi connectivity index (χ0n) is 12.2. The first-order chi connectivity index (χ1) is 9.61. The average molecular weight is 277 g/mol. The number of aliphatic hydroxyl groups is 1. The van der Waals surface area contributed by atoms with E-state index in [1.54, 1.807) is 17.0 Å². The molecule has 1 aromatic carbocycles. The van der Waals surface area contributed by atoms with Crippen LogP contribution in [-0.2, 0) is 0 Å². The van der Waals surface area contributed by atoms with Crippen LogP contribution in [-0.4, -0.2) is 41.7 Å². The van der Waals surface area contributed by atoms with E-state index in [1.807, 2.05) is 12.1 Å². The molecular formula is C16H23NO3. The summed E-state index contributed by atoms with van der Waals surface area (Å²) < 4.78 is 5.65. The van der Waals surface area contributed by atoms with E-state index in [0.29, 0.717) is 18.1 Å². The molecule has 0 aliphatic carbocycles. The van der Waals surface area contributed by atoms with E-state index in [2.05, 4.69) is 13.8 Å². The second-order valence-corrected chi connectivity index (χ2v) is 5.71. The predicted octanol–water partition coefficient (Wildman–Crippen LogP) is 2.32. The third-order valence-corrected chi connectivity index (χ3v) is 3.51. The standard InChI is InChI=1S/C16H23NO3/c1-12(2)11-20-15-7-3-5-13(9-15)16(19)17-8-4-6-14(17)10-18/h3,5,7,9,12,14,18H,4,6,8,10-11H2,1-2H3/t14-/m0/s1. The molecule has 1 saturated heterocycles. The number of benzene rings is 1. The van der Waals surface area contributed by atoms with Crippen molar-refractivity contribution in [2.45, 2.75) is 32.7 Å². The van der Waals surface area contributed by atoms with Crippen molar-refractivity contribution in [3.8, 4) is 5.75 Å². The Morgan fingerprint density at radius 2 is 2.30 bits per heavy atom. The average Bonchev–Trinajstić information content (AvgIpc) is 2.93. The van der Waals surface area contributed by atoms with Gasteiger partial charge in [-0.15, -0.1) is 0 Å². The number of hydrogen-bond acceptors (Lipinski definition) is 3. The molecule has 1 amide bonds. The van der Waals surface area contributed by atoms with Gasteiger partial charge in [0.05, 0.1) is 19.3 Å². The van der Waals surface area contributed by atoms with Crippen LogP contribution in [0.1, 0.15) is 37.0 Å². The number of amides is 1. The number of carbonyl (C=O) groups excluding carboxylic acids is 1. The van der Waals surface area contributed by atoms with E-state index in [9.17, 15) is 9.90 Å². The first-order valence-corrected chi connectivity index (χ1v) is 7.26. The minimum Gasteiger partial charge on any atom is -0.493 e. The molecule has 0 radical (unpaired) electrons. The molecule has 4 heteroatoms. The molecule has 1 fully saturated rings. The molecule has 20 heavy (non-hydrogen) atoms. The van der Waals surface area contributed by atoms with Crippen molar-refractivity contribution >= 4 is 5.91 Å². The molecule has 0 spiro atoms. The van der Waals surface area contributed by atoms with Crippen LogP contribution in [0, 0.1) is 5.92 Å². The molecule has 1 aliphatic heterocycles. The number of ether oxygens (including phenoxy) is 1. The summed E-state index contributed by atoms with van der Waals surface area (Å²) in [5.41, 5.74) is 0.631. The molecule has 1 N–H and O–H groups in total. The molecular weight excluding hydrogens is 254 g/mol. The van der Waals surface area contributed by atoms with E-state index in [0.717, 1.165) is 25.1 Å². The molecule has 1 aliphatic rings. The van der Waals surface area contributed by atoms with Gasteiger partial charge in [-0.05, 0) is 37.0 Å². The van der Waals surface area contributed by atoms with Gasteiger partial charge >= 0.3 is 0 Å². The van der Waals surface area contributed by atoms with E-state index >= 15 is 0 Å². The lowest BCUT2D eigenvalue weighted by Crippen LogP contribution is -2.37. The van der Waals surface area contributed by atoms with Crippen LogP contribution in [0.4, 0.5) is 0 Å². The van der Waals surface area contributed by atoms with Crippen molar-refractivity contribution in [2.24, 2.45) is 5.92 Å². The summed E-state index contributed by atoms with van der Waals surface area (Å²) in [6.07, 6.45) is 1.84. The lowest BCUT2D eigenvalue weighted by atomic mass is 10.1. The van der Waals surface area contributed by atoms with Gasteiger partial charge in [-0.1, -0.05) is 19.9 Å². The highest BCUT2D eigenvalue weighted by Crippen LogP contribution is 2.22. The van der Waals surface area contributed by atoms with Crippen LogP contribution in [0.2, 0.25) is 0 Å². The Kier molecular flexibility index (Phi) is 5.01. The summed E-state index contributed by atoms with van der Waals surface area (Å²) in [5, 5.41) is 9.31. The molecule has 110 valence electrons. The van der Waals surface area contributed by atoms with Gasteiger partial charge in [0.2, 0.25) is 0 Å². The van der Waals surface area contributed by atoms with Gasteiger partial charge in [0.1, 0.15) is 5.75 Å². The van der Waals surface area contributed by atoms with Crippen LogP contribution in [0.25, 0.3) is 0 Å². The number of aliphatic hydroxyl groups excluding tert-OH is 1. The zero-order chi connectivity index (χ0) is 14.5. The van der Waals surface area contributed by atoms with Gasteiger partial charge in [0, 0.05) is 12.1 Å². The lowest BCUT2D eigenvalue weighted by molar-refractivity contribution is 0.0677. The summed E-state index contributed by atoms with van der Waals surface area (Å²) in [7, 11) is 0. The van der Waals surface area contributed by atoms with Gasteiger partial charge < -0.3 is 14.7 Å². The van der Waals surface area contributed by atoms with Crippen molar-refractivity contribution in [1.29, 1.82) is 0 Å². The number of nitrogens with zero attached hydrogens (tertiary/aromatic N) is 1. The second kappa shape index (κ2) is 6.75. The largest absolute Gasteiger partial charge is 0.493 e. The van der Waals surface area contributed by atoms with Gasteiger partial charge in [-0.2, -0.15) is 0 Å². The van der Waals surface area contributed by atoms with Crippen LogP contribution >= 0.6 is 0 Å². The number of likely N-dealkylation sites (tertiary alicyclic amines) is 1. The highest BCUT2D eigenvalue weighted by molar-refractivity contribution is 5.95. The van der Waals surface area contributed by atoms with Gasteiger partial charge in [-0.3, -0.25) is 4.79 Å². The minimum absolute atomic E-state index is 0.0171. The van der Waals surface area contributed by atoms with Crippen molar-refractivity contribution in [2.75, 3.05) is 19.8 Å². The smallest absolute Gasteiger partial charge is 0.254 e. The van der Waals surface area contributed by atoms with Crippen LogP contribution < -0.4 is 4.74 Å². The third kappa shape index (κ3) is 3.51. The van der Waals surface area contributed by atoms with Crippen LogP contribution in [0.5, 0.6) is 5.75 Å². The zero-order valence-corrected chi connectivity index (χ0v) is 12.2. The fraction of sp³-hybridized carbons (Fsp3) is 0.562. The lowest BCUT2D eigenvalue weighted by Gasteiger charge is -2.23. The van der Waals surface area contributed by atoms with Crippen molar-refractivity contribution in [1.82, 2.24) is 4.90 Å². The van der Waals surface area contributed by atoms with E-state index in [4.69, 9.17) is 4.74 Å². The Hall–Kier alpha value is -1.55. The highest BCUT2D eigenvalue weighted by atomic mass is 16.5. The number of rotatable bonds is 5. The summed E-state index contributed by atoms with van der Waals surface area (Å²) in [4.78, 5) is 14.2. The molecule has 1 aromatic rings. The fourth-order valence-corrected chi connectivity index (χ4v) is 2.44. The molecule has 2 rings (SSSR count). The molecule has 0 saturated carbocycles. The maximum Gasteiger partial charge on any atom is 0.254 e. The van der Waals surface area contributed by atoms with Crippen LogP contribution in [0.15, 0.2) is 24.3 Å². The molecule has 4 nitrogen and oxygen atoms in total. The Labute approximate surface area is 120 Å². The summed E-state index contributed by atoms with van der Waals surface area (Å²) in [6, 6.07) is 7.26. The monoisotopic (exact) mass is 277 g/mol. The minimum atomic E-state index is -0.0391. The second-order valence-electron chi connectivity index (χ2n) is 5.71. The predicted molar refractivity (Wildman–Crippen MR) is 77.9 cm³/mol. The molecule has 0 aromatic heterocycles. The van der Waals surface area contributed by atoms with E-state index < -0.39 is 0 Å². The SMILES string of the molecule is CC(C)COc1cccc(C(=O)N2CCC[C@H]2CO)c1. The summed E-state index contributed by atoms with van der Waals surface area (Å²) in [5.74, 6) is 1.16. The summed E-state index contributed by atoms with van der Waals surface area (Å²) in [6.45, 7) is 5.58. The normalized spacial score (nSPS) is 18.6. The van der Waals surface area contributed by atoms with E-state index in [-0.39, 0.29) is 18.6 Å². The quantitative estimate of drug-likeness (QED) is 0.898. The fourth-order valence-electron chi connectivity index (χ4n) is 2.44. The van der Waals surface area contributed by atoms with Gasteiger partial charge in [0.15, 0.2) is 0 Å². The van der Waals surface area contributed by atoms with Gasteiger partial charge in [0.25, 0.3) is 5.91 Å². The maximum absolute atomic E-state index is 12.5. The Bertz CT molecular complexity index is 459. The van der Waals surface area contributed by atoms with Gasteiger partial charge in [-0.25, -0.2) is 0 Å². The topological polar surface area (TPSA) is 49.8 Å². The van der Waals surface area contributed by atoms with E-state index in [1.165, 1.54) is 0 Å². The Morgan fingerprint density at radius 1 is 1.50 bits per heavy atom. The number of carbonyl (C=O) groups is 1. The van der Waals surface area contributed by atoms with Crippen molar-refractivity contribution in [3.63, 3.8) is 0 Å². The molecule has 1 atom stereocenters. The maximum atomic E-state index is 12.5. The number of hydrogen-bond donors (Lipinski definition) is 1. The Morgan fingerprint density at radius 3 is 3.00 bits per heavy atom. The molecule has 0 bridgehead atoms. The Balaban J connectivity index is 2.08. The van der Waals surface area contributed by atoms with Crippen molar-refractivity contribution in [3.05, 3.63) is 29.8 Å². The first kappa shape index (κ1) is 14.9.